The second-order valence-corrected chi connectivity index (χ2v) is 5.14. The fraction of sp³-hybridized carbons (Fsp3) is 0.500. The standard InChI is InChI=1S/C14H19N5O/c1-19(4-2-11-7-17-18-8-11)14-6-13(15-10-16-14)12-3-5-20-9-12/h6-8,10,12H,2-5,9H2,1H3,(H,17,18)/t12-/m0/s1. The van der Waals surface area contributed by atoms with Gasteiger partial charge in [0.25, 0.3) is 0 Å². The van der Waals surface area contributed by atoms with Gasteiger partial charge in [-0.25, -0.2) is 9.97 Å². The predicted molar refractivity (Wildman–Crippen MR) is 75.8 cm³/mol. The van der Waals surface area contributed by atoms with E-state index in [0.717, 1.165) is 44.1 Å². The van der Waals surface area contributed by atoms with Gasteiger partial charge in [-0.2, -0.15) is 5.10 Å². The number of likely N-dealkylation sites (N-methyl/N-ethyl adjacent to an activating group) is 1. The van der Waals surface area contributed by atoms with E-state index in [1.54, 1.807) is 6.33 Å². The summed E-state index contributed by atoms with van der Waals surface area (Å²) in [7, 11) is 2.05. The Morgan fingerprint density at radius 2 is 2.40 bits per heavy atom. The number of anilines is 1. The molecule has 0 bridgehead atoms. The third-order valence-electron chi connectivity index (χ3n) is 3.70. The molecule has 20 heavy (non-hydrogen) atoms. The number of nitrogens with zero attached hydrogens (tertiary/aromatic N) is 4. The Labute approximate surface area is 118 Å². The molecule has 1 aliphatic rings. The Morgan fingerprint density at radius 3 is 3.15 bits per heavy atom. The minimum atomic E-state index is 0.416. The summed E-state index contributed by atoms with van der Waals surface area (Å²) < 4.78 is 5.42. The van der Waals surface area contributed by atoms with Crippen LogP contribution in [-0.4, -0.2) is 47.0 Å². The van der Waals surface area contributed by atoms with Gasteiger partial charge in [0.1, 0.15) is 12.1 Å². The van der Waals surface area contributed by atoms with Gasteiger partial charge in [-0.1, -0.05) is 0 Å². The van der Waals surface area contributed by atoms with Crippen molar-refractivity contribution in [2.45, 2.75) is 18.8 Å². The molecule has 3 heterocycles. The van der Waals surface area contributed by atoms with Crippen molar-refractivity contribution in [3.05, 3.63) is 36.0 Å². The van der Waals surface area contributed by atoms with Crippen LogP contribution in [0.3, 0.4) is 0 Å². The Morgan fingerprint density at radius 1 is 1.45 bits per heavy atom. The molecule has 0 radical (unpaired) electrons. The first-order valence-electron chi connectivity index (χ1n) is 6.91. The molecule has 0 aromatic carbocycles. The average Bonchev–Trinajstić information content (AvgIpc) is 3.18. The van der Waals surface area contributed by atoms with Crippen molar-refractivity contribution in [3.63, 3.8) is 0 Å². The topological polar surface area (TPSA) is 66.9 Å². The molecule has 1 fully saturated rings. The molecule has 3 rings (SSSR count). The fourth-order valence-corrected chi connectivity index (χ4v) is 2.39. The summed E-state index contributed by atoms with van der Waals surface area (Å²) in [6, 6.07) is 2.08. The number of aromatic nitrogens is 4. The SMILES string of the molecule is CN(CCc1cn[nH]c1)c1cc([C@H]2CCOC2)ncn1. The van der Waals surface area contributed by atoms with E-state index in [1.165, 1.54) is 5.56 Å². The van der Waals surface area contributed by atoms with Crippen molar-refractivity contribution in [2.75, 3.05) is 31.7 Å². The molecular weight excluding hydrogens is 254 g/mol. The lowest BCUT2D eigenvalue weighted by atomic mass is 10.0. The molecule has 2 aromatic heterocycles. The van der Waals surface area contributed by atoms with Crippen LogP contribution in [0.4, 0.5) is 5.82 Å². The minimum absolute atomic E-state index is 0.416. The van der Waals surface area contributed by atoms with E-state index in [0.29, 0.717) is 5.92 Å². The van der Waals surface area contributed by atoms with Crippen LogP contribution in [0, 0.1) is 0 Å². The van der Waals surface area contributed by atoms with Gasteiger partial charge >= 0.3 is 0 Å². The summed E-state index contributed by atoms with van der Waals surface area (Å²) in [6.45, 7) is 2.51. The van der Waals surface area contributed by atoms with E-state index in [9.17, 15) is 0 Å². The highest BCUT2D eigenvalue weighted by Gasteiger charge is 2.20. The van der Waals surface area contributed by atoms with Gasteiger partial charge in [0.05, 0.1) is 18.5 Å². The molecule has 0 aliphatic carbocycles. The number of rotatable bonds is 5. The number of hydrogen-bond acceptors (Lipinski definition) is 5. The van der Waals surface area contributed by atoms with E-state index in [2.05, 4.69) is 38.2 Å². The maximum Gasteiger partial charge on any atom is 0.131 e. The van der Waals surface area contributed by atoms with Gasteiger partial charge < -0.3 is 9.64 Å². The number of H-pyrrole nitrogens is 1. The Bertz CT molecular complexity index is 536. The summed E-state index contributed by atoms with van der Waals surface area (Å²) in [5.41, 5.74) is 2.29. The summed E-state index contributed by atoms with van der Waals surface area (Å²) in [5, 5.41) is 6.79. The molecule has 2 aromatic rings. The number of ether oxygens (including phenoxy) is 1. The van der Waals surface area contributed by atoms with Crippen LogP contribution in [0.15, 0.2) is 24.8 Å². The van der Waals surface area contributed by atoms with Gasteiger partial charge in [0, 0.05) is 38.4 Å². The molecule has 0 spiro atoms. The van der Waals surface area contributed by atoms with Gasteiger partial charge in [-0.15, -0.1) is 0 Å². The van der Waals surface area contributed by atoms with Gasteiger partial charge in [0.15, 0.2) is 0 Å². The molecule has 106 valence electrons. The third-order valence-corrected chi connectivity index (χ3v) is 3.70. The largest absolute Gasteiger partial charge is 0.381 e. The molecule has 1 aliphatic heterocycles. The lowest BCUT2D eigenvalue weighted by Gasteiger charge is -2.18. The third kappa shape index (κ3) is 2.96. The van der Waals surface area contributed by atoms with Gasteiger partial charge in [-0.3, -0.25) is 5.10 Å². The van der Waals surface area contributed by atoms with Crippen molar-refractivity contribution in [1.29, 1.82) is 0 Å². The Balaban J connectivity index is 1.64. The molecule has 0 saturated carbocycles. The van der Waals surface area contributed by atoms with Crippen LogP contribution in [-0.2, 0) is 11.2 Å². The fourth-order valence-electron chi connectivity index (χ4n) is 2.39. The molecule has 0 unspecified atom stereocenters. The van der Waals surface area contributed by atoms with Crippen molar-refractivity contribution in [2.24, 2.45) is 0 Å². The van der Waals surface area contributed by atoms with E-state index in [1.807, 2.05) is 12.4 Å². The quantitative estimate of drug-likeness (QED) is 0.891. The van der Waals surface area contributed by atoms with E-state index < -0.39 is 0 Å². The maximum atomic E-state index is 5.42. The molecule has 1 saturated heterocycles. The monoisotopic (exact) mass is 273 g/mol. The van der Waals surface area contributed by atoms with E-state index in [4.69, 9.17) is 4.74 Å². The first-order valence-corrected chi connectivity index (χ1v) is 6.91. The highest BCUT2D eigenvalue weighted by atomic mass is 16.5. The predicted octanol–water partition coefficient (Wildman–Crippen LogP) is 1.38. The minimum Gasteiger partial charge on any atom is -0.381 e. The maximum absolute atomic E-state index is 5.42. The zero-order valence-electron chi connectivity index (χ0n) is 11.6. The normalized spacial score (nSPS) is 18.4. The average molecular weight is 273 g/mol. The van der Waals surface area contributed by atoms with Crippen molar-refractivity contribution in [3.8, 4) is 0 Å². The summed E-state index contributed by atoms with van der Waals surface area (Å²) in [6.07, 6.45) is 7.43. The lowest BCUT2D eigenvalue weighted by Crippen LogP contribution is -2.21. The summed E-state index contributed by atoms with van der Waals surface area (Å²) in [5.74, 6) is 1.38. The van der Waals surface area contributed by atoms with Crippen LogP contribution < -0.4 is 4.90 Å². The molecule has 6 heteroatoms. The smallest absolute Gasteiger partial charge is 0.131 e. The molecule has 1 atom stereocenters. The molecular formula is C14H19N5O. The van der Waals surface area contributed by atoms with Crippen molar-refractivity contribution >= 4 is 5.82 Å². The van der Waals surface area contributed by atoms with Crippen LogP contribution in [0.5, 0.6) is 0 Å². The van der Waals surface area contributed by atoms with Gasteiger partial charge in [-0.05, 0) is 18.4 Å². The van der Waals surface area contributed by atoms with Crippen molar-refractivity contribution < 1.29 is 4.74 Å². The van der Waals surface area contributed by atoms with Crippen molar-refractivity contribution in [1.82, 2.24) is 20.2 Å². The highest BCUT2D eigenvalue weighted by molar-refractivity contribution is 5.39. The number of hydrogen-bond donors (Lipinski definition) is 1. The van der Waals surface area contributed by atoms with Gasteiger partial charge in [0.2, 0.25) is 0 Å². The highest BCUT2D eigenvalue weighted by Crippen LogP contribution is 2.25. The van der Waals surface area contributed by atoms with Crippen LogP contribution in [0.2, 0.25) is 0 Å². The summed E-state index contributed by atoms with van der Waals surface area (Å²) >= 11 is 0. The molecule has 0 amide bonds. The lowest BCUT2D eigenvalue weighted by molar-refractivity contribution is 0.193. The van der Waals surface area contributed by atoms with E-state index in [-0.39, 0.29) is 0 Å². The Hall–Kier alpha value is -1.95. The van der Waals surface area contributed by atoms with Crippen LogP contribution in [0.1, 0.15) is 23.6 Å². The second-order valence-electron chi connectivity index (χ2n) is 5.14. The number of aromatic amines is 1. The second kappa shape index (κ2) is 6.00. The summed E-state index contributed by atoms with van der Waals surface area (Å²) in [4.78, 5) is 10.9. The number of nitrogens with one attached hydrogen (secondary N) is 1. The first kappa shape index (κ1) is 13.1. The Kier molecular flexibility index (Phi) is 3.92. The first-order chi connectivity index (χ1) is 9.83. The van der Waals surface area contributed by atoms with Crippen LogP contribution in [0.25, 0.3) is 0 Å². The van der Waals surface area contributed by atoms with E-state index >= 15 is 0 Å². The van der Waals surface area contributed by atoms with Crippen LogP contribution >= 0.6 is 0 Å². The zero-order valence-corrected chi connectivity index (χ0v) is 11.6. The molecule has 6 nitrogen and oxygen atoms in total. The molecule has 1 N–H and O–H groups in total. The zero-order chi connectivity index (χ0) is 13.8.